The van der Waals surface area contributed by atoms with Crippen LogP contribution in [0.15, 0.2) is 48.0 Å². The van der Waals surface area contributed by atoms with Crippen molar-refractivity contribution < 1.29 is 4.74 Å². The van der Waals surface area contributed by atoms with E-state index in [1.165, 1.54) is 0 Å². The van der Waals surface area contributed by atoms with Crippen molar-refractivity contribution >= 4 is 28.2 Å². The lowest BCUT2D eigenvalue weighted by molar-refractivity contribution is 0.340. The molecule has 0 aliphatic carbocycles. The molecule has 0 unspecified atom stereocenters. The van der Waals surface area contributed by atoms with Crippen molar-refractivity contribution in [3.8, 4) is 16.5 Å². The van der Waals surface area contributed by atoms with E-state index in [9.17, 15) is 0 Å². The summed E-state index contributed by atoms with van der Waals surface area (Å²) in [5, 5.41) is 11.1. The van der Waals surface area contributed by atoms with Gasteiger partial charge in [-0.05, 0) is 36.1 Å². The Bertz CT molecular complexity index is 1130. The molecule has 0 spiro atoms. The lowest BCUT2D eigenvalue weighted by Crippen LogP contribution is -2.44. The Hall–Kier alpha value is -2.97. The molecule has 0 amide bonds. The number of anilines is 1. The minimum absolute atomic E-state index is 0.631. The zero-order chi connectivity index (χ0) is 20.3. The highest BCUT2D eigenvalue weighted by atomic mass is 32.1. The van der Waals surface area contributed by atoms with Crippen LogP contribution in [-0.4, -0.2) is 52.5 Å². The molecule has 1 aliphatic heterocycles. The third-order valence-corrected chi connectivity index (χ3v) is 6.04. The fourth-order valence-corrected chi connectivity index (χ4v) is 4.42. The molecule has 8 heteroatoms. The van der Waals surface area contributed by atoms with Gasteiger partial charge < -0.3 is 15.0 Å². The number of rotatable bonds is 6. The number of fused-ring (bicyclic) bond motifs is 1. The van der Waals surface area contributed by atoms with Gasteiger partial charge in [0.25, 0.3) is 0 Å². The van der Waals surface area contributed by atoms with Gasteiger partial charge in [-0.15, -0.1) is 11.3 Å². The molecule has 5 rings (SSSR count). The molecule has 0 bridgehead atoms. The molecule has 0 radical (unpaired) electrons. The van der Waals surface area contributed by atoms with Gasteiger partial charge in [0, 0.05) is 26.2 Å². The minimum atomic E-state index is 0.631. The Morgan fingerprint density at radius 2 is 2.03 bits per heavy atom. The van der Waals surface area contributed by atoms with E-state index < -0.39 is 0 Å². The highest BCUT2D eigenvalue weighted by Crippen LogP contribution is 2.30. The number of aromatic nitrogens is 4. The van der Waals surface area contributed by atoms with Crippen LogP contribution in [0.25, 0.3) is 21.7 Å². The van der Waals surface area contributed by atoms with Gasteiger partial charge >= 0.3 is 0 Å². The smallest absolute Gasteiger partial charge is 0.173 e. The zero-order valence-corrected chi connectivity index (χ0v) is 17.7. The molecule has 3 aromatic heterocycles. The summed E-state index contributed by atoms with van der Waals surface area (Å²) in [6, 6.07) is 12.3. The Balaban J connectivity index is 1.58. The van der Waals surface area contributed by atoms with Crippen molar-refractivity contribution in [3.05, 3.63) is 53.5 Å². The standard InChI is InChI=1S/C22H24N6OS/c1-2-29-17-6-3-5-16(13-17)15-28-22-18(14-24-28)21(27-10-8-23-9-11-27)25-20(26-22)19-7-4-12-30-19/h3-7,12-14,23H,2,8-11,15H2,1H3. The van der Waals surface area contributed by atoms with Crippen LogP contribution in [-0.2, 0) is 6.54 Å². The lowest BCUT2D eigenvalue weighted by Gasteiger charge is -2.29. The Morgan fingerprint density at radius 1 is 1.13 bits per heavy atom. The highest BCUT2D eigenvalue weighted by molar-refractivity contribution is 7.13. The minimum Gasteiger partial charge on any atom is -0.494 e. The number of benzene rings is 1. The summed E-state index contributed by atoms with van der Waals surface area (Å²) in [5.41, 5.74) is 2.00. The molecule has 154 valence electrons. The number of nitrogens with zero attached hydrogens (tertiary/aromatic N) is 5. The van der Waals surface area contributed by atoms with E-state index in [-0.39, 0.29) is 0 Å². The van der Waals surface area contributed by atoms with E-state index in [1.54, 1.807) is 11.3 Å². The number of piperazine rings is 1. The second-order valence-corrected chi connectivity index (χ2v) is 8.15. The van der Waals surface area contributed by atoms with Crippen molar-refractivity contribution in [2.75, 3.05) is 37.7 Å². The predicted molar refractivity (Wildman–Crippen MR) is 120 cm³/mol. The Morgan fingerprint density at radius 3 is 2.83 bits per heavy atom. The van der Waals surface area contributed by atoms with Gasteiger partial charge in [0.2, 0.25) is 0 Å². The number of thiophene rings is 1. The van der Waals surface area contributed by atoms with Crippen LogP contribution in [0.1, 0.15) is 12.5 Å². The van der Waals surface area contributed by atoms with Gasteiger partial charge in [-0.25, -0.2) is 14.6 Å². The van der Waals surface area contributed by atoms with Crippen molar-refractivity contribution in [3.63, 3.8) is 0 Å². The summed E-state index contributed by atoms with van der Waals surface area (Å²) < 4.78 is 7.62. The van der Waals surface area contributed by atoms with Crippen molar-refractivity contribution in [1.29, 1.82) is 0 Å². The van der Waals surface area contributed by atoms with Gasteiger partial charge in [0.1, 0.15) is 11.6 Å². The quantitative estimate of drug-likeness (QED) is 0.516. The van der Waals surface area contributed by atoms with Gasteiger partial charge in [0.05, 0.1) is 29.6 Å². The first-order chi connectivity index (χ1) is 14.8. The van der Waals surface area contributed by atoms with Crippen LogP contribution in [0.3, 0.4) is 0 Å². The first-order valence-corrected chi connectivity index (χ1v) is 11.1. The Kier molecular flexibility index (Phi) is 5.33. The molecule has 0 saturated carbocycles. The van der Waals surface area contributed by atoms with E-state index in [1.807, 2.05) is 36.0 Å². The summed E-state index contributed by atoms with van der Waals surface area (Å²) in [5.74, 6) is 2.61. The molecule has 1 saturated heterocycles. The summed E-state index contributed by atoms with van der Waals surface area (Å²) in [6.45, 7) is 7.05. The highest BCUT2D eigenvalue weighted by Gasteiger charge is 2.20. The molecule has 0 atom stereocenters. The third kappa shape index (κ3) is 3.76. The van der Waals surface area contributed by atoms with E-state index in [4.69, 9.17) is 14.7 Å². The number of ether oxygens (including phenoxy) is 1. The average molecular weight is 421 g/mol. The van der Waals surface area contributed by atoms with Crippen LogP contribution in [0.2, 0.25) is 0 Å². The van der Waals surface area contributed by atoms with Crippen LogP contribution in [0.4, 0.5) is 5.82 Å². The molecule has 1 N–H and O–H groups in total. The summed E-state index contributed by atoms with van der Waals surface area (Å²) >= 11 is 1.66. The summed E-state index contributed by atoms with van der Waals surface area (Å²) in [6.07, 6.45) is 1.90. The van der Waals surface area contributed by atoms with Crippen LogP contribution in [0, 0.1) is 0 Å². The molecule has 30 heavy (non-hydrogen) atoms. The molecular weight excluding hydrogens is 396 g/mol. The molecular formula is C22H24N6OS. The molecule has 1 fully saturated rings. The summed E-state index contributed by atoms with van der Waals surface area (Å²) in [4.78, 5) is 13.3. The fourth-order valence-electron chi connectivity index (χ4n) is 3.76. The maximum absolute atomic E-state index is 5.65. The fraction of sp³-hybridized carbons (Fsp3) is 0.318. The van der Waals surface area contributed by atoms with Crippen LogP contribution >= 0.6 is 11.3 Å². The normalized spacial score (nSPS) is 14.4. The average Bonchev–Trinajstić information content (AvgIpc) is 3.45. The van der Waals surface area contributed by atoms with Crippen LogP contribution in [0.5, 0.6) is 5.75 Å². The molecule has 4 heterocycles. The van der Waals surface area contributed by atoms with Gasteiger partial charge in [-0.3, -0.25) is 0 Å². The van der Waals surface area contributed by atoms with E-state index in [0.717, 1.165) is 65.0 Å². The van der Waals surface area contributed by atoms with E-state index in [2.05, 4.69) is 38.9 Å². The molecule has 1 aromatic carbocycles. The number of hydrogen-bond donors (Lipinski definition) is 1. The number of nitrogens with one attached hydrogen (secondary N) is 1. The van der Waals surface area contributed by atoms with Gasteiger partial charge in [-0.2, -0.15) is 5.10 Å². The van der Waals surface area contributed by atoms with Gasteiger partial charge in [0.15, 0.2) is 11.5 Å². The first kappa shape index (κ1) is 19.0. The maximum Gasteiger partial charge on any atom is 0.173 e. The predicted octanol–water partition coefficient (Wildman–Crippen LogP) is 3.41. The SMILES string of the molecule is CCOc1cccc(Cn2ncc3c(N4CCNCC4)nc(-c4cccs4)nc32)c1. The first-order valence-electron chi connectivity index (χ1n) is 10.3. The second-order valence-electron chi connectivity index (χ2n) is 7.21. The van der Waals surface area contributed by atoms with Crippen molar-refractivity contribution in [2.45, 2.75) is 13.5 Å². The van der Waals surface area contributed by atoms with Crippen molar-refractivity contribution in [1.82, 2.24) is 25.1 Å². The second kappa shape index (κ2) is 8.41. The summed E-state index contributed by atoms with van der Waals surface area (Å²) in [7, 11) is 0. The third-order valence-electron chi connectivity index (χ3n) is 5.18. The van der Waals surface area contributed by atoms with Gasteiger partial charge in [-0.1, -0.05) is 18.2 Å². The van der Waals surface area contributed by atoms with E-state index >= 15 is 0 Å². The molecule has 7 nitrogen and oxygen atoms in total. The largest absolute Gasteiger partial charge is 0.494 e. The molecule has 4 aromatic rings. The maximum atomic E-state index is 5.65. The monoisotopic (exact) mass is 420 g/mol. The lowest BCUT2D eigenvalue weighted by atomic mass is 10.2. The zero-order valence-electron chi connectivity index (χ0n) is 16.9. The van der Waals surface area contributed by atoms with Crippen LogP contribution < -0.4 is 15.0 Å². The topological polar surface area (TPSA) is 68.1 Å². The molecule has 1 aliphatic rings. The number of hydrogen-bond acceptors (Lipinski definition) is 7. The Labute approximate surface area is 179 Å². The van der Waals surface area contributed by atoms with Crippen molar-refractivity contribution in [2.24, 2.45) is 0 Å². The van der Waals surface area contributed by atoms with E-state index in [0.29, 0.717) is 13.2 Å².